The molecule has 6 atom stereocenters. The van der Waals surface area contributed by atoms with Gasteiger partial charge in [-0.2, -0.15) is 0 Å². The Bertz CT molecular complexity index is 1230. The highest BCUT2D eigenvalue weighted by atomic mass is 31.2. The van der Waals surface area contributed by atoms with Crippen molar-refractivity contribution in [3.63, 3.8) is 0 Å². The highest BCUT2D eigenvalue weighted by Gasteiger charge is 2.51. The van der Waals surface area contributed by atoms with Crippen LogP contribution in [0.1, 0.15) is 142 Å². The van der Waals surface area contributed by atoms with Crippen molar-refractivity contribution in [3.8, 4) is 0 Å². The fraction of sp³-hybridized carbons (Fsp3) is 0.711. The molecule has 0 bridgehead atoms. The summed E-state index contributed by atoms with van der Waals surface area (Å²) in [6, 6.07) is 0. The number of hydrogen-bond acceptors (Lipinski definition) is 11. The Morgan fingerprint density at radius 3 is 1.55 bits per heavy atom. The Labute approximate surface area is 349 Å². The van der Waals surface area contributed by atoms with Crippen LogP contribution >= 0.6 is 7.82 Å². The number of carbonyl (C=O) groups is 1. The largest absolute Gasteiger partial charge is 0.472 e. The maximum absolute atomic E-state index is 12.8. The third kappa shape index (κ3) is 27.5. The molecule has 1 rings (SSSR count). The van der Waals surface area contributed by atoms with E-state index in [1.54, 1.807) is 0 Å². The van der Waals surface area contributed by atoms with E-state index in [1.807, 2.05) is 0 Å². The summed E-state index contributed by atoms with van der Waals surface area (Å²) in [4.78, 5) is 23.1. The van der Waals surface area contributed by atoms with E-state index >= 15 is 0 Å². The van der Waals surface area contributed by atoms with Crippen LogP contribution in [0.15, 0.2) is 72.9 Å². The third-order valence-corrected chi connectivity index (χ3v) is 10.5. The van der Waals surface area contributed by atoms with Crippen molar-refractivity contribution in [3.05, 3.63) is 72.9 Å². The van der Waals surface area contributed by atoms with E-state index in [0.29, 0.717) is 19.4 Å². The molecule has 6 unspecified atom stereocenters. The lowest BCUT2D eigenvalue weighted by Crippen LogP contribution is -2.64. The monoisotopic (exact) mass is 841 g/mol. The third-order valence-electron chi connectivity index (χ3n) is 9.56. The van der Waals surface area contributed by atoms with Gasteiger partial charge in [-0.1, -0.05) is 132 Å². The molecule has 1 aliphatic rings. The smallest absolute Gasteiger partial charge is 0.457 e. The number of aliphatic hydroxyl groups excluding tert-OH is 5. The molecule has 0 aromatic carbocycles. The molecule has 6 N–H and O–H groups in total. The first kappa shape index (κ1) is 53.8. The Kier molecular flexibility index (Phi) is 33.0. The topological polar surface area (TPSA) is 192 Å². The molecule has 0 aliphatic heterocycles. The van der Waals surface area contributed by atoms with Crippen molar-refractivity contribution in [1.82, 2.24) is 0 Å². The minimum atomic E-state index is -5.04. The Hall–Kier alpha value is -2.22. The molecule has 0 spiro atoms. The van der Waals surface area contributed by atoms with Gasteiger partial charge in [0.15, 0.2) is 0 Å². The number of aliphatic hydroxyl groups is 5. The zero-order valence-corrected chi connectivity index (χ0v) is 36.2. The van der Waals surface area contributed by atoms with Gasteiger partial charge in [0.25, 0.3) is 0 Å². The molecule has 334 valence electrons. The highest BCUT2D eigenvalue weighted by molar-refractivity contribution is 7.47. The summed E-state index contributed by atoms with van der Waals surface area (Å²) in [6.07, 6.45) is 32.7. The molecule has 12 nitrogen and oxygen atoms in total. The van der Waals surface area contributed by atoms with Crippen molar-refractivity contribution >= 4 is 13.8 Å². The summed E-state index contributed by atoms with van der Waals surface area (Å²) in [7, 11) is -5.04. The first-order chi connectivity index (χ1) is 28.0. The number of phosphoric acid groups is 1. The average molecular weight is 841 g/mol. The molecule has 1 aliphatic carbocycles. The van der Waals surface area contributed by atoms with Gasteiger partial charge in [-0.05, 0) is 77.0 Å². The van der Waals surface area contributed by atoms with E-state index in [0.717, 1.165) is 70.6 Å². The van der Waals surface area contributed by atoms with Crippen LogP contribution in [-0.4, -0.2) is 98.9 Å². The minimum Gasteiger partial charge on any atom is -0.457 e. The van der Waals surface area contributed by atoms with Crippen molar-refractivity contribution in [2.45, 2.75) is 185 Å². The summed E-state index contributed by atoms with van der Waals surface area (Å²) >= 11 is 0. The number of unbranched alkanes of at least 4 members (excludes halogenated alkanes) is 11. The number of esters is 1. The molecule has 0 aromatic heterocycles. The van der Waals surface area contributed by atoms with Crippen LogP contribution in [0.2, 0.25) is 0 Å². The fourth-order valence-electron chi connectivity index (χ4n) is 6.09. The normalized spacial score (nSPS) is 23.4. The highest BCUT2D eigenvalue weighted by Crippen LogP contribution is 2.47. The van der Waals surface area contributed by atoms with E-state index in [9.17, 15) is 39.8 Å². The van der Waals surface area contributed by atoms with Gasteiger partial charge < -0.3 is 39.9 Å². The van der Waals surface area contributed by atoms with Gasteiger partial charge in [-0.15, -0.1) is 0 Å². The Balaban J connectivity index is 2.47. The fourth-order valence-corrected chi connectivity index (χ4v) is 7.07. The van der Waals surface area contributed by atoms with Crippen LogP contribution in [-0.2, 0) is 27.9 Å². The van der Waals surface area contributed by atoms with Crippen molar-refractivity contribution < 1.29 is 58.3 Å². The molecule has 0 saturated heterocycles. The summed E-state index contributed by atoms with van der Waals surface area (Å²) in [6.45, 7) is 3.95. The quantitative estimate of drug-likeness (QED) is 0.0155. The van der Waals surface area contributed by atoms with Crippen LogP contribution in [0, 0.1) is 0 Å². The van der Waals surface area contributed by atoms with Crippen LogP contribution in [0.25, 0.3) is 0 Å². The molecular formula is C45H77O12P. The summed E-state index contributed by atoms with van der Waals surface area (Å²) < 4.78 is 34.0. The number of hydrogen-bond donors (Lipinski definition) is 6. The van der Waals surface area contributed by atoms with E-state index in [1.165, 1.54) is 38.5 Å². The molecule has 0 aromatic rings. The maximum Gasteiger partial charge on any atom is 0.472 e. The van der Waals surface area contributed by atoms with Crippen molar-refractivity contribution in [2.24, 2.45) is 0 Å². The van der Waals surface area contributed by atoms with Gasteiger partial charge >= 0.3 is 13.8 Å². The summed E-state index contributed by atoms with van der Waals surface area (Å²) in [5.74, 6) is -0.508. The van der Waals surface area contributed by atoms with E-state index in [4.69, 9.17) is 18.5 Å². The zero-order chi connectivity index (χ0) is 42.7. The molecule has 0 radical (unpaired) electrons. The van der Waals surface area contributed by atoms with Crippen molar-refractivity contribution in [2.75, 3.05) is 19.8 Å². The molecule has 58 heavy (non-hydrogen) atoms. The first-order valence-corrected chi connectivity index (χ1v) is 23.3. The second kappa shape index (κ2) is 35.5. The van der Waals surface area contributed by atoms with Gasteiger partial charge in [0.05, 0.1) is 13.2 Å². The number of rotatable bonds is 35. The summed E-state index contributed by atoms with van der Waals surface area (Å²) in [5.41, 5.74) is 0. The number of carbonyl (C=O) groups excluding carboxylic acids is 1. The van der Waals surface area contributed by atoms with Crippen LogP contribution < -0.4 is 0 Å². The van der Waals surface area contributed by atoms with E-state index < -0.39 is 63.1 Å². The molecule has 0 heterocycles. The van der Waals surface area contributed by atoms with Gasteiger partial charge in [0.1, 0.15) is 42.7 Å². The van der Waals surface area contributed by atoms with E-state index in [-0.39, 0.29) is 13.0 Å². The van der Waals surface area contributed by atoms with Crippen LogP contribution in [0.5, 0.6) is 0 Å². The van der Waals surface area contributed by atoms with Gasteiger partial charge in [-0.3, -0.25) is 13.8 Å². The standard InChI is InChI=1S/C45H77O12P/c1-3-5-7-9-11-13-15-17-19-20-21-22-24-26-28-30-32-34-39(46)56-38(36-54-35-33-31-29-27-25-23-18-16-14-12-10-8-6-4-2)37-55-58(52,53)57-45-43(50)41(48)40(47)42(49)44(45)51/h6,8,11-14,17-19,23,27,29,38,40-45,47-51H,3-5,7,9-10,15-16,20-22,24-26,28,30-37H2,1-2H3,(H,52,53)/b8-6-,13-11-,14-12-,19-17-,23-18-,29-27-. The number of phosphoric ester groups is 1. The second-order valence-electron chi connectivity index (χ2n) is 14.8. The minimum absolute atomic E-state index is 0.122. The van der Waals surface area contributed by atoms with Gasteiger partial charge in [0.2, 0.25) is 0 Å². The number of ether oxygens (including phenoxy) is 2. The Morgan fingerprint density at radius 1 is 0.569 bits per heavy atom. The summed E-state index contributed by atoms with van der Waals surface area (Å²) in [5, 5.41) is 50.1. The SMILES string of the molecule is CC/C=C\C/C=C\C/C=C\C/C=C\CCCOCC(COP(=O)(O)OC1C(O)C(O)C(O)C(O)C1O)OC(=O)CCCCCCCCC/C=C\C/C=C\CCCCC. The van der Waals surface area contributed by atoms with Gasteiger partial charge in [-0.25, -0.2) is 4.57 Å². The van der Waals surface area contributed by atoms with Gasteiger partial charge in [0, 0.05) is 13.0 Å². The lowest BCUT2D eigenvalue weighted by molar-refractivity contribution is -0.220. The lowest BCUT2D eigenvalue weighted by atomic mass is 9.85. The molecular weight excluding hydrogens is 763 g/mol. The van der Waals surface area contributed by atoms with E-state index in [2.05, 4.69) is 86.8 Å². The molecule has 0 amide bonds. The van der Waals surface area contributed by atoms with Crippen LogP contribution in [0.3, 0.4) is 0 Å². The predicted molar refractivity (Wildman–Crippen MR) is 230 cm³/mol. The van der Waals surface area contributed by atoms with Crippen molar-refractivity contribution in [1.29, 1.82) is 0 Å². The zero-order valence-electron chi connectivity index (χ0n) is 35.3. The molecule has 13 heteroatoms. The predicted octanol–water partition coefficient (Wildman–Crippen LogP) is 8.41. The first-order valence-electron chi connectivity index (χ1n) is 21.8. The number of allylic oxidation sites excluding steroid dienone is 12. The second-order valence-corrected chi connectivity index (χ2v) is 16.2. The average Bonchev–Trinajstić information content (AvgIpc) is 3.21. The Morgan fingerprint density at radius 2 is 1.02 bits per heavy atom. The lowest BCUT2D eigenvalue weighted by Gasteiger charge is -2.41. The molecule has 1 saturated carbocycles. The maximum atomic E-state index is 12.8. The van der Waals surface area contributed by atoms with Crippen LogP contribution in [0.4, 0.5) is 0 Å². The molecule has 1 fully saturated rings.